The highest BCUT2D eigenvalue weighted by Gasteiger charge is 2.08. The van der Waals surface area contributed by atoms with Crippen molar-refractivity contribution in [3.8, 4) is 0 Å². The van der Waals surface area contributed by atoms with E-state index in [2.05, 4.69) is 64.8 Å². The van der Waals surface area contributed by atoms with Crippen LogP contribution in [-0.4, -0.2) is 31.8 Å². The molecule has 0 aromatic carbocycles. The Hall–Kier alpha value is -1.20. The Balaban J connectivity index is 4.86. The Morgan fingerprint density at radius 3 is 2.14 bits per heavy atom. The topological polar surface area (TPSA) is 27.7 Å². The second kappa shape index (κ2) is 17.9. The van der Waals surface area contributed by atoms with Crippen molar-refractivity contribution in [1.82, 2.24) is 0 Å². The van der Waals surface area contributed by atoms with E-state index in [-0.39, 0.29) is 0 Å². The van der Waals surface area contributed by atoms with Crippen LogP contribution in [0.5, 0.6) is 0 Å². The lowest BCUT2D eigenvalue weighted by molar-refractivity contribution is 0.176. The van der Waals surface area contributed by atoms with Crippen LogP contribution in [0.4, 0.5) is 0 Å². The molecule has 0 heterocycles. The molecule has 0 fully saturated rings. The minimum Gasteiger partial charge on any atom is -0.494 e. The number of hydrogen-bond acceptors (Lipinski definition) is 5. The molecule has 2 unspecified atom stereocenters. The summed E-state index contributed by atoms with van der Waals surface area (Å²) in [6.07, 6.45) is 14.7. The maximum absolute atomic E-state index is 5.83. The van der Waals surface area contributed by atoms with E-state index in [9.17, 15) is 0 Å². The average Bonchev–Trinajstić information content (AvgIpc) is 2.71. The van der Waals surface area contributed by atoms with Gasteiger partial charge in [-0.1, -0.05) is 45.6 Å². The van der Waals surface area contributed by atoms with E-state index in [4.69, 9.17) is 14.2 Å². The van der Waals surface area contributed by atoms with Crippen molar-refractivity contribution in [2.45, 2.75) is 40.0 Å². The van der Waals surface area contributed by atoms with Gasteiger partial charge in [-0.05, 0) is 54.4 Å². The zero-order chi connectivity index (χ0) is 21.2. The fourth-order valence-electron chi connectivity index (χ4n) is 2.23. The third-order valence-electron chi connectivity index (χ3n) is 4.22. The van der Waals surface area contributed by atoms with Gasteiger partial charge in [0.1, 0.15) is 11.5 Å². The molecule has 0 aromatic heterocycles. The maximum atomic E-state index is 5.83. The van der Waals surface area contributed by atoms with E-state index in [0.29, 0.717) is 25.0 Å². The summed E-state index contributed by atoms with van der Waals surface area (Å²) in [5, 5.41) is 0. The molecule has 0 aliphatic carbocycles. The van der Waals surface area contributed by atoms with Crippen LogP contribution >= 0.6 is 25.3 Å². The Bertz CT molecular complexity index is 536. The lowest BCUT2D eigenvalue weighted by Crippen LogP contribution is -2.03. The molecule has 0 aromatic rings. The molecular formula is C23H38O3S2. The van der Waals surface area contributed by atoms with Crippen LogP contribution in [0.2, 0.25) is 0 Å². The van der Waals surface area contributed by atoms with E-state index in [1.807, 2.05) is 18.2 Å². The summed E-state index contributed by atoms with van der Waals surface area (Å²) in [5.41, 5.74) is 0. The summed E-state index contributed by atoms with van der Waals surface area (Å²) in [6.45, 7) is 11.6. The van der Waals surface area contributed by atoms with Gasteiger partial charge in [0.15, 0.2) is 5.76 Å². The van der Waals surface area contributed by atoms with Crippen molar-refractivity contribution < 1.29 is 14.2 Å². The van der Waals surface area contributed by atoms with Gasteiger partial charge in [-0.15, -0.1) is 0 Å². The fraction of sp³-hybridized carbons (Fsp3) is 0.565. The molecule has 160 valence electrons. The number of thiol groups is 2. The lowest BCUT2D eigenvalue weighted by atomic mass is 9.95. The van der Waals surface area contributed by atoms with Crippen molar-refractivity contribution in [2.75, 3.05) is 31.8 Å². The summed E-state index contributed by atoms with van der Waals surface area (Å²) < 4.78 is 17.0. The molecule has 0 N–H and O–H groups in total. The largest absolute Gasteiger partial charge is 0.494 e. The molecule has 0 saturated carbocycles. The fourth-order valence-corrected chi connectivity index (χ4v) is 2.49. The van der Waals surface area contributed by atoms with Crippen molar-refractivity contribution >= 4 is 25.3 Å². The molecule has 0 rings (SSSR count). The quantitative estimate of drug-likeness (QED) is 0.130. The van der Waals surface area contributed by atoms with Crippen molar-refractivity contribution in [3.05, 3.63) is 60.3 Å². The molecule has 0 aliphatic heterocycles. The molecule has 0 amide bonds. The van der Waals surface area contributed by atoms with Gasteiger partial charge in [0.25, 0.3) is 0 Å². The molecule has 2 atom stereocenters. The predicted octanol–water partition coefficient (Wildman–Crippen LogP) is 6.38. The first-order chi connectivity index (χ1) is 13.5. The van der Waals surface area contributed by atoms with Gasteiger partial charge in [0.2, 0.25) is 0 Å². The van der Waals surface area contributed by atoms with Gasteiger partial charge in [-0.25, -0.2) is 0 Å². The first-order valence-electron chi connectivity index (χ1n) is 9.97. The van der Waals surface area contributed by atoms with E-state index in [1.165, 1.54) is 0 Å². The average molecular weight is 427 g/mol. The second-order valence-corrected chi connectivity index (χ2v) is 7.33. The zero-order valence-electron chi connectivity index (χ0n) is 17.9. The second-order valence-electron chi connectivity index (χ2n) is 6.43. The molecule has 0 bridgehead atoms. The number of allylic oxidation sites excluding steroid dienone is 7. The highest BCUT2D eigenvalue weighted by molar-refractivity contribution is 7.80. The highest BCUT2D eigenvalue weighted by Crippen LogP contribution is 2.18. The SMILES string of the molecule is C=C/C(=C\C=C\C(C)C(C)C=C/C(OC)=C(\CC)OCCCS)OCCCS. The van der Waals surface area contributed by atoms with Crippen LogP contribution in [0.3, 0.4) is 0 Å². The summed E-state index contributed by atoms with van der Waals surface area (Å²) in [7, 11) is 1.68. The van der Waals surface area contributed by atoms with Crippen LogP contribution < -0.4 is 0 Å². The lowest BCUT2D eigenvalue weighted by Gasteiger charge is -2.14. The summed E-state index contributed by atoms with van der Waals surface area (Å²) >= 11 is 8.40. The molecule has 5 heteroatoms. The van der Waals surface area contributed by atoms with Crippen molar-refractivity contribution in [2.24, 2.45) is 11.8 Å². The van der Waals surface area contributed by atoms with Crippen LogP contribution in [0.25, 0.3) is 0 Å². The van der Waals surface area contributed by atoms with Crippen LogP contribution in [0, 0.1) is 11.8 Å². The Labute approximate surface area is 183 Å². The molecule has 0 radical (unpaired) electrons. The van der Waals surface area contributed by atoms with Gasteiger partial charge in [-0.2, -0.15) is 25.3 Å². The zero-order valence-corrected chi connectivity index (χ0v) is 19.7. The number of methoxy groups -OCH3 is 1. The van der Waals surface area contributed by atoms with Crippen molar-refractivity contribution in [3.63, 3.8) is 0 Å². The van der Waals surface area contributed by atoms with Gasteiger partial charge in [0, 0.05) is 6.42 Å². The van der Waals surface area contributed by atoms with Crippen LogP contribution in [0.1, 0.15) is 40.0 Å². The van der Waals surface area contributed by atoms with E-state index < -0.39 is 0 Å². The predicted molar refractivity (Wildman–Crippen MR) is 128 cm³/mol. The van der Waals surface area contributed by atoms with Gasteiger partial charge in [-0.3, -0.25) is 0 Å². The van der Waals surface area contributed by atoms with E-state index >= 15 is 0 Å². The van der Waals surface area contributed by atoms with Crippen LogP contribution in [0.15, 0.2) is 60.3 Å². The molecular weight excluding hydrogens is 388 g/mol. The highest BCUT2D eigenvalue weighted by atomic mass is 32.1. The monoisotopic (exact) mass is 426 g/mol. The standard InChI is InChI=1S/C23H38O3S2/c1-6-21(25-15-9-17-27)12-8-11-19(3)20(4)13-14-23(24-5)22(7-2)26-16-10-18-28/h6,8,11-14,19-20,27-28H,1,7,9-10,15-18H2,2-5H3/b11-8+,14-13?,21-12+,23-22-. The van der Waals surface area contributed by atoms with Gasteiger partial charge < -0.3 is 14.2 Å². The smallest absolute Gasteiger partial charge is 0.156 e. The minimum absolute atomic E-state index is 0.350. The molecule has 0 spiro atoms. The normalized spacial score (nSPS) is 15.4. The number of ether oxygens (including phenoxy) is 3. The molecule has 0 saturated heterocycles. The third-order valence-corrected chi connectivity index (χ3v) is 4.86. The number of rotatable bonds is 16. The van der Waals surface area contributed by atoms with E-state index in [0.717, 1.165) is 48.0 Å². The van der Waals surface area contributed by atoms with E-state index in [1.54, 1.807) is 13.2 Å². The van der Waals surface area contributed by atoms with Gasteiger partial charge >= 0.3 is 0 Å². The first-order valence-corrected chi connectivity index (χ1v) is 11.2. The maximum Gasteiger partial charge on any atom is 0.156 e. The summed E-state index contributed by atoms with van der Waals surface area (Å²) in [5.74, 6) is 4.80. The first kappa shape index (κ1) is 26.8. The molecule has 3 nitrogen and oxygen atoms in total. The van der Waals surface area contributed by atoms with Gasteiger partial charge in [0.05, 0.1) is 20.3 Å². The summed E-state index contributed by atoms with van der Waals surface area (Å²) in [6, 6.07) is 0. The van der Waals surface area contributed by atoms with Crippen molar-refractivity contribution in [1.29, 1.82) is 0 Å². The Morgan fingerprint density at radius 1 is 1.00 bits per heavy atom. The molecule has 0 aliphatic rings. The minimum atomic E-state index is 0.350. The van der Waals surface area contributed by atoms with Crippen LogP contribution in [-0.2, 0) is 14.2 Å². The Morgan fingerprint density at radius 2 is 1.61 bits per heavy atom. The third kappa shape index (κ3) is 12.3. The number of hydrogen-bond donors (Lipinski definition) is 2. The Kier molecular flexibility index (Phi) is 17.1. The molecule has 28 heavy (non-hydrogen) atoms. The summed E-state index contributed by atoms with van der Waals surface area (Å²) in [4.78, 5) is 0.